The third-order valence-electron chi connectivity index (χ3n) is 2.68. The molecule has 3 N–H and O–H groups in total. The Bertz CT molecular complexity index is 484. The molecule has 1 aromatic rings. The number of rotatable bonds is 5. The Kier molecular flexibility index (Phi) is 4.74. The number of para-hydroxylation sites is 1. The third kappa shape index (κ3) is 3.37. The Balaban J connectivity index is 2.98. The molecule has 0 saturated heterocycles. The van der Waals surface area contributed by atoms with Gasteiger partial charge in [0.1, 0.15) is 6.04 Å². The maximum atomic E-state index is 12.0. The molecule has 19 heavy (non-hydrogen) atoms. The summed E-state index contributed by atoms with van der Waals surface area (Å²) in [4.78, 5) is 23.0. The van der Waals surface area contributed by atoms with Crippen molar-refractivity contribution in [1.29, 1.82) is 0 Å². The molecule has 104 valence electrons. The van der Waals surface area contributed by atoms with E-state index in [9.17, 15) is 14.7 Å². The van der Waals surface area contributed by atoms with E-state index in [1.807, 2.05) is 0 Å². The predicted octanol–water partition coefficient (Wildman–Crippen LogP) is 1.24. The van der Waals surface area contributed by atoms with Gasteiger partial charge in [-0.05, 0) is 18.1 Å². The maximum absolute atomic E-state index is 12.0. The molecule has 0 unspecified atom stereocenters. The summed E-state index contributed by atoms with van der Waals surface area (Å²) in [6.45, 7) is 3.37. The highest BCUT2D eigenvalue weighted by Gasteiger charge is 2.25. The van der Waals surface area contributed by atoms with Crippen molar-refractivity contribution in [2.24, 2.45) is 5.92 Å². The van der Waals surface area contributed by atoms with Gasteiger partial charge in [-0.2, -0.15) is 0 Å². The number of carboxylic acid groups (broad SMARTS) is 1. The van der Waals surface area contributed by atoms with Crippen LogP contribution in [0.15, 0.2) is 18.2 Å². The van der Waals surface area contributed by atoms with Gasteiger partial charge in [0.2, 0.25) is 0 Å². The molecule has 1 rings (SSSR count). The minimum absolute atomic E-state index is 0.0220. The number of hydrogen-bond donors (Lipinski definition) is 3. The van der Waals surface area contributed by atoms with Crippen molar-refractivity contribution < 1.29 is 24.5 Å². The van der Waals surface area contributed by atoms with E-state index < -0.39 is 17.9 Å². The molecule has 1 atom stereocenters. The average molecular weight is 267 g/mol. The first-order chi connectivity index (χ1) is 8.88. The van der Waals surface area contributed by atoms with E-state index in [1.165, 1.54) is 19.2 Å². The number of aliphatic carboxylic acids is 1. The van der Waals surface area contributed by atoms with E-state index in [1.54, 1.807) is 19.9 Å². The minimum atomic E-state index is -1.12. The van der Waals surface area contributed by atoms with Gasteiger partial charge in [-0.15, -0.1) is 0 Å². The number of amides is 1. The Labute approximate surface area is 111 Å². The Morgan fingerprint density at radius 1 is 1.32 bits per heavy atom. The van der Waals surface area contributed by atoms with Crippen molar-refractivity contribution in [3.05, 3.63) is 23.8 Å². The van der Waals surface area contributed by atoms with Crippen LogP contribution in [0.1, 0.15) is 24.2 Å². The first kappa shape index (κ1) is 14.8. The number of hydrogen-bond acceptors (Lipinski definition) is 4. The summed E-state index contributed by atoms with van der Waals surface area (Å²) in [6, 6.07) is 3.42. The van der Waals surface area contributed by atoms with Crippen LogP contribution in [0.4, 0.5) is 0 Å². The molecule has 0 aliphatic heterocycles. The minimum Gasteiger partial charge on any atom is -0.504 e. The monoisotopic (exact) mass is 267 g/mol. The van der Waals surface area contributed by atoms with Gasteiger partial charge in [-0.1, -0.05) is 19.9 Å². The molecular weight excluding hydrogens is 250 g/mol. The average Bonchev–Trinajstić information content (AvgIpc) is 2.35. The van der Waals surface area contributed by atoms with Gasteiger partial charge < -0.3 is 20.3 Å². The smallest absolute Gasteiger partial charge is 0.326 e. The van der Waals surface area contributed by atoms with Gasteiger partial charge in [-0.25, -0.2) is 4.79 Å². The van der Waals surface area contributed by atoms with E-state index >= 15 is 0 Å². The first-order valence-electron chi connectivity index (χ1n) is 5.78. The van der Waals surface area contributed by atoms with Crippen molar-refractivity contribution >= 4 is 11.9 Å². The summed E-state index contributed by atoms with van der Waals surface area (Å²) < 4.78 is 4.89. The van der Waals surface area contributed by atoms with Crippen molar-refractivity contribution in [2.75, 3.05) is 7.11 Å². The number of carbonyl (C=O) groups is 2. The van der Waals surface area contributed by atoms with E-state index in [4.69, 9.17) is 9.84 Å². The highest BCUT2D eigenvalue weighted by atomic mass is 16.5. The second-order valence-corrected chi connectivity index (χ2v) is 4.39. The lowest BCUT2D eigenvalue weighted by atomic mass is 10.0. The van der Waals surface area contributed by atoms with Crippen LogP contribution in [0.3, 0.4) is 0 Å². The molecule has 6 nitrogen and oxygen atoms in total. The molecule has 1 aromatic carbocycles. The maximum Gasteiger partial charge on any atom is 0.326 e. The van der Waals surface area contributed by atoms with Gasteiger partial charge in [0.15, 0.2) is 11.5 Å². The van der Waals surface area contributed by atoms with E-state index in [2.05, 4.69) is 5.32 Å². The van der Waals surface area contributed by atoms with Gasteiger partial charge in [-0.3, -0.25) is 4.79 Å². The van der Waals surface area contributed by atoms with Crippen molar-refractivity contribution in [3.63, 3.8) is 0 Å². The highest BCUT2D eigenvalue weighted by Crippen LogP contribution is 2.29. The molecule has 0 aliphatic carbocycles. The molecule has 0 fully saturated rings. The van der Waals surface area contributed by atoms with Crippen molar-refractivity contribution in [3.8, 4) is 11.5 Å². The Morgan fingerprint density at radius 2 is 1.95 bits per heavy atom. The lowest BCUT2D eigenvalue weighted by molar-refractivity contribution is -0.140. The standard InChI is InChI=1S/C13H17NO5/c1-7(2)10(13(17)18)14-12(16)8-5-4-6-9(19-3)11(8)15/h4-7,10,15H,1-3H3,(H,14,16)(H,17,18)/t10-/m0/s1. The third-order valence-corrected chi connectivity index (χ3v) is 2.68. The summed E-state index contributed by atoms with van der Waals surface area (Å²) in [5.74, 6) is -2.20. The summed E-state index contributed by atoms with van der Waals surface area (Å²) in [7, 11) is 1.37. The molecule has 0 aromatic heterocycles. The van der Waals surface area contributed by atoms with E-state index in [0.29, 0.717) is 0 Å². The second kappa shape index (κ2) is 6.08. The second-order valence-electron chi connectivity index (χ2n) is 4.39. The topological polar surface area (TPSA) is 95.9 Å². The van der Waals surface area contributed by atoms with Gasteiger partial charge >= 0.3 is 5.97 Å². The molecule has 0 saturated carbocycles. The van der Waals surface area contributed by atoms with Crippen molar-refractivity contribution in [1.82, 2.24) is 5.32 Å². The van der Waals surface area contributed by atoms with Gasteiger partial charge in [0.25, 0.3) is 5.91 Å². The van der Waals surface area contributed by atoms with E-state index in [0.717, 1.165) is 0 Å². The first-order valence-corrected chi connectivity index (χ1v) is 5.78. The molecule has 0 heterocycles. The summed E-state index contributed by atoms with van der Waals surface area (Å²) in [6.07, 6.45) is 0. The number of ether oxygens (including phenoxy) is 1. The fraction of sp³-hybridized carbons (Fsp3) is 0.385. The largest absolute Gasteiger partial charge is 0.504 e. The van der Waals surface area contributed by atoms with Crippen LogP contribution in [-0.2, 0) is 4.79 Å². The van der Waals surface area contributed by atoms with Crippen LogP contribution in [-0.4, -0.2) is 35.2 Å². The van der Waals surface area contributed by atoms with Crippen LogP contribution in [0, 0.1) is 5.92 Å². The van der Waals surface area contributed by atoms with Crippen LogP contribution < -0.4 is 10.1 Å². The zero-order valence-corrected chi connectivity index (χ0v) is 11.0. The molecule has 6 heteroatoms. The number of benzene rings is 1. The molecule has 1 amide bonds. The zero-order chi connectivity index (χ0) is 14.6. The van der Waals surface area contributed by atoms with Crippen molar-refractivity contribution in [2.45, 2.75) is 19.9 Å². The molecule has 0 aliphatic rings. The predicted molar refractivity (Wildman–Crippen MR) is 68.4 cm³/mol. The number of phenols is 1. The molecule has 0 spiro atoms. The lowest BCUT2D eigenvalue weighted by Gasteiger charge is -2.18. The number of nitrogens with one attached hydrogen (secondary N) is 1. The Morgan fingerprint density at radius 3 is 2.42 bits per heavy atom. The fourth-order valence-electron chi connectivity index (χ4n) is 1.60. The fourth-order valence-corrected chi connectivity index (χ4v) is 1.60. The van der Waals surface area contributed by atoms with Gasteiger partial charge in [0, 0.05) is 0 Å². The van der Waals surface area contributed by atoms with E-state index in [-0.39, 0.29) is 23.0 Å². The summed E-state index contributed by atoms with van der Waals surface area (Å²) >= 11 is 0. The summed E-state index contributed by atoms with van der Waals surface area (Å²) in [5, 5.41) is 21.2. The van der Waals surface area contributed by atoms with Crippen LogP contribution in [0.5, 0.6) is 11.5 Å². The highest BCUT2D eigenvalue weighted by molar-refractivity contribution is 5.99. The van der Waals surface area contributed by atoms with Crippen LogP contribution >= 0.6 is 0 Å². The zero-order valence-electron chi connectivity index (χ0n) is 11.0. The van der Waals surface area contributed by atoms with Crippen LogP contribution in [0.2, 0.25) is 0 Å². The molecule has 0 bridgehead atoms. The number of methoxy groups -OCH3 is 1. The molecular formula is C13H17NO5. The quantitative estimate of drug-likeness (QED) is 0.746. The van der Waals surface area contributed by atoms with Gasteiger partial charge in [0.05, 0.1) is 12.7 Å². The lowest BCUT2D eigenvalue weighted by Crippen LogP contribution is -2.44. The number of carbonyl (C=O) groups excluding carboxylic acids is 1. The number of phenolic OH excluding ortho intramolecular Hbond substituents is 1. The van der Waals surface area contributed by atoms with Crippen LogP contribution in [0.25, 0.3) is 0 Å². The number of carboxylic acids is 1. The summed E-state index contributed by atoms with van der Waals surface area (Å²) in [5.41, 5.74) is -0.0220. The Hall–Kier alpha value is -2.24. The SMILES string of the molecule is COc1cccc(C(=O)N[C@H](C(=O)O)C(C)C)c1O. The molecule has 0 radical (unpaired) electrons. The normalized spacial score (nSPS) is 12.0. The number of aromatic hydroxyl groups is 1.